The van der Waals surface area contributed by atoms with Gasteiger partial charge in [-0.25, -0.2) is 9.78 Å². The number of carboxylic acids is 1. The van der Waals surface area contributed by atoms with E-state index in [1.807, 2.05) is 0 Å². The number of nitrogen functional groups attached to an aromatic ring is 1. The summed E-state index contributed by atoms with van der Waals surface area (Å²) in [5, 5.41) is 17.6. The highest BCUT2D eigenvalue weighted by Crippen LogP contribution is 2.46. The van der Waals surface area contributed by atoms with Gasteiger partial charge in [-0.3, -0.25) is 14.5 Å². The van der Waals surface area contributed by atoms with Crippen molar-refractivity contribution in [1.82, 2.24) is 29.2 Å². The number of hydrogen-bond acceptors (Lipinski definition) is 13. The number of amides is 2. The Morgan fingerprint density at radius 1 is 1.35 bits per heavy atom. The van der Waals surface area contributed by atoms with Crippen LogP contribution in [-0.4, -0.2) is 58.8 Å². The molecule has 1 fully saturated rings. The van der Waals surface area contributed by atoms with Crippen molar-refractivity contribution in [2.75, 3.05) is 5.73 Å². The van der Waals surface area contributed by atoms with Gasteiger partial charge in [0.25, 0.3) is 11.8 Å². The first-order valence-electron chi connectivity index (χ1n) is 9.11. The largest absolute Gasteiger partial charge is 0.477 e. The number of thioether (sulfide) groups is 1. The van der Waals surface area contributed by atoms with Gasteiger partial charge in [0.2, 0.25) is 6.04 Å². The molecule has 13 nitrogen and oxygen atoms in total. The van der Waals surface area contributed by atoms with Gasteiger partial charge in [0.1, 0.15) is 16.8 Å². The van der Waals surface area contributed by atoms with E-state index in [2.05, 4.69) is 29.4 Å². The molecular formula is C15H11F3N8O5S3. The molecule has 34 heavy (non-hydrogen) atoms. The van der Waals surface area contributed by atoms with Gasteiger partial charge in [0.05, 0.1) is 6.04 Å². The Morgan fingerprint density at radius 2 is 2.09 bits per heavy atom. The van der Waals surface area contributed by atoms with Gasteiger partial charge in [-0.15, -0.1) is 10.0 Å². The highest BCUT2D eigenvalue weighted by molar-refractivity contribution is 8.03. The summed E-state index contributed by atoms with van der Waals surface area (Å²) in [6.45, 7) is 0. The first-order chi connectivity index (χ1) is 16.0. The molecule has 3 unspecified atom stereocenters. The lowest BCUT2D eigenvalue weighted by Gasteiger charge is -2.50. The Balaban J connectivity index is 1.54. The SMILES string of the molecule is Nc1nc(C(N=O)C(=O)NC2C(=O)N3C(C(=O)O)=C(Sc4nnsc4C(F)(F)F)CCC23)ns1. The number of β-lactam (4-membered cyclic amide) rings is 1. The lowest BCUT2D eigenvalue weighted by molar-refractivity contribution is -0.156. The zero-order valence-corrected chi connectivity index (χ0v) is 18.8. The molecular weight excluding hydrogens is 525 g/mol. The topological polar surface area (TPSA) is 194 Å². The fourth-order valence-electron chi connectivity index (χ4n) is 3.47. The minimum Gasteiger partial charge on any atom is -0.477 e. The molecule has 3 atom stereocenters. The zero-order chi connectivity index (χ0) is 24.8. The number of nitrogens with two attached hydrogens (primary N) is 1. The van der Waals surface area contributed by atoms with Gasteiger partial charge < -0.3 is 16.2 Å². The van der Waals surface area contributed by atoms with Crippen LogP contribution < -0.4 is 11.1 Å². The summed E-state index contributed by atoms with van der Waals surface area (Å²) in [5.41, 5.74) is 4.93. The third-order valence-electron chi connectivity index (χ3n) is 4.88. The number of allylic oxidation sites excluding steroid dienone is 1. The number of fused-ring (bicyclic) bond motifs is 1. The molecule has 0 bridgehead atoms. The number of carbonyl (C=O) groups excluding carboxylic acids is 2. The van der Waals surface area contributed by atoms with E-state index in [1.165, 1.54) is 0 Å². The van der Waals surface area contributed by atoms with Crippen LogP contribution in [0, 0.1) is 4.91 Å². The summed E-state index contributed by atoms with van der Waals surface area (Å²) in [4.78, 5) is 51.8. The molecule has 0 saturated carbocycles. The predicted molar refractivity (Wildman–Crippen MR) is 110 cm³/mol. The molecule has 19 heteroatoms. The average molecular weight is 536 g/mol. The molecule has 0 aliphatic carbocycles. The van der Waals surface area contributed by atoms with Crippen LogP contribution in [0.3, 0.4) is 0 Å². The van der Waals surface area contributed by atoms with Crippen LogP contribution in [0.2, 0.25) is 0 Å². The molecule has 0 radical (unpaired) electrons. The number of hydrogen-bond donors (Lipinski definition) is 3. The summed E-state index contributed by atoms with van der Waals surface area (Å²) in [7, 11) is 0. The first kappa shape index (κ1) is 24.0. The fraction of sp³-hybridized carbons (Fsp3) is 0.400. The molecule has 2 aromatic heterocycles. The third-order valence-corrected chi connectivity index (χ3v) is 7.46. The molecule has 2 amide bonds. The van der Waals surface area contributed by atoms with Crippen LogP contribution in [-0.2, 0) is 20.6 Å². The number of nitroso groups, excluding NO2 is 1. The Morgan fingerprint density at radius 3 is 2.68 bits per heavy atom. The van der Waals surface area contributed by atoms with Crippen molar-refractivity contribution in [2.24, 2.45) is 5.18 Å². The number of aliphatic carboxylic acids is 1. The van der Waals surface area contributed by atoms with Crippen molar-refractivity contribution >= 4 is 57.7 Å². The van der Waals surface area contributed by atoms with Crippen LogP contribution in [0.4, 0.5) is 18.3 Å². The van der Waals surface area contributed by atoms with Crippen LogP contribution in [0.15, 0.2) is 20.8 Å². The summed E-state index contributed by atoms with van der Waals surface area (Å²) in [6.07, 6.45) is -4.59. The molecule has 0 spiro atoms. The van der Waals surface area contributed by atoms with E-state index < -0.39 is 57.7 Å². The highest BCUT2D eigenvalue weighted by Gasteiger charge is 2.54. The van der Waals surface area contributed by atoms with E-state index in [1.54, 1.807) is 0 Å². The Hall–Kier alpha value is -3.19. The minimum absolute atomic E-state index is 0.000106. The number of aromatic nitrogens is 4. The highest BCUT2D eigenvalue weighted by atomic mass is 32.2. The molecule has 1 saturated heterocycles. The number of alkyl halides is 3. The number of carbonyl (C=O) groups is 3. The quantitative estimate of drug-likeness (QED) is 0.342. The number of nitrogens with zero attached hydrogens (tertiary/aromatic N) is 6. The van der Waals surface area contributed by atoms with Crippen LogP contribution in [0.5, 0.6) is 0 Å². The van der Waals surface area contributed by atoms with Crippen molar-refractivity contribution in [3.05, 3.63) is 26.2 Å². The van der Waals surface area contributed by atoms with Gasteiger partial charge >= 0.3 is 12.1 Å². The Labute approximate surface area is 198 Å². The first-order valence-corrected chi connectivity index (χ1v) is 11.5. The standard InChI is InChI=1S/C15H11F3N8O5S3/c16-15(17,18)8-11(22-25-33-8)32-4-2-1-3-5(12(28)26(3)7(4)13(29)30)20-10(27)6(23-31)9-21-14(19)34-24-9/h3,5-6H,1-2H2,(H,20,27)(H,29,30)(H2,19,21,24). The fourth-order valence-corrected chi connectivity index (χ4v) is 5.67. The lowest BCUT2D eigenvalue weighted by Crippen LogP contribution is -2.71. The van der Waals surface area contributed by atoms with Gasteiger partial charge in [0.15, 0.2) is 15.8 Å². The number of nitrogens with one attached hydrogen (secondary N) is 1. The van der Waals surface area contributed by atoms with Gasteiger partial charge in [-0.1, -0.05) is 16.3 Å². The molecule has 2 aromatic rings. The minimum atomic E-state index is -4.72. The Bertz CT molecular complexity index is 1210. The summed E-state index contributed by atoms with van der Waals surface area (Å²) in [5.74, 6) is -3.56. The third kappa shape index (κ3) is 4.20. The average Bonchev–Trinajstić information content (AvgIpc) is 3.41. The van der Waals surface area contributed by atoms with E-state index in [-0.39, 0.29) is 40.2 Å². The number of halogens is 3. The van der Waals surface area contributed by atoms with Crippen molar-refractivity contribution in [2.45, 2.75) is 42.2 Å². The monoisotopic (exact) mass is 536 g/mol. The van der Waals surface area contributed by atoms with Crippen molar-refractivity contribution in [3.63, 3.8) is 0 Å². The van der Waals surface area contributed by atoms with Crippen molar-refractivity contribution < 1.29 is 32.7 Å². The number of carboxylic acid groups (broad SMARTS) is 1. The van der Waals surface area contributed by atoms with Crippen molar-refractivity contribution in [1.29, 1.82) is 0 Å². The smallest absolute Gasteiger partial charge is 0.429 e. The van der Waals surface area contributed by atoms with E-state index in [0.717, 1.165) is 16.4 Å². The summed E-state index contributed by atoms with van der Waals surface area (Å²) >= 11 is 1.34. The Kier molecular flexibility index (Phi) is 6.25. The van der Waals surface area contributed by atoms with Crippen LogP contribution >= 0.6 is 34.8 Å². The van der Waals surface area contributed by atoms with Crippen LogP contribution in [0.25, 0.3) is 0 Å². The molecule has 2 aliphatic heterocycles. The molecule has 180 valence electrons. The predicted octanol–water partition coefficient (Wildman–Crippen LogP) is 1.38. The van der Waals surface area contributed by atoms with Crippen molar-refractivity contribution in [3.8, 4) is 0 Å². The second-order valence-corrected chi connectivity index (χ2v) is 9.50. The lowest BCUT2D eigenvalue weighted by atomic mass is 9.86. The normalized spacial score (nSPS) is 21.0. The van der Waals surface area contributed by atoms with Gasteiger partial charge in [0, 0.05) is 16.4 Å². The van der Waals surface area contributed by atoms with E-state index in [4.69, 9.17) is 5.73 Å². The maximum atomic E-state index is 13.1. The van der Waals surface area contributed by atoms with Gasteiger partial charge in [-0.2, -0.15) is 17.5 Å². The summed E-state index contributed by atoms with van der Waals surface area (Å²) < 4.78 is 46.4. The van der Waals surface area contributed by atoms with E-state index in [9.17, 15) is 37.6 Å². The van der Waals surface area contributed by atoms with E-state index >= 15 is 0 Å². The second kappa shape index (κ2) is 8.87. The molecule has 4 rings (SSSR count). The molecule has 4 N–H and O–H groups in total. The number of rotatable bonds is 7. The van der Waals surface area contributed by atoms with Crippen LogP contribution in [0.1, 0.15) is 29.6 Å². The van der Waals surface area contributed by atoms with E-state index in [0.29, 0.717) is 11.8 Å². The number of anilines is 1. The zero-order valence-electron chi connectivity index (χ0n) is 16.3. The molecule has 2 aliphatic rings. The summed E-state index contributed by atoms with van der Waals surface area (Å²) in [6, 6.07) is -3.62. The molecule has 4 heterocycles. The maximum absolute atomic E-state index is 13.1. The second-order valence-electron chi connectivity index (χ2n) is 6.88. The van der Waals surface area contributed by atoms with Gasteiger partial charge in [-0.05, 0) is 29.6 Å². The maximum Gasteiger partial charge on any atom is 0.429 e. The molecule has 0 aromatic carbocycles.